The smallest absolute Gasteiger partial charge is 0.310 e. The maximum absolute atomic E-state index is 10.8. The number of aliphatic carboxylic acids is 1. The van der Waals surface area contributed by atoms with Gasteiger partial charge in [0.1, 0.15) is 10.8 Å². The van der Waals surface area contributed by atoms with Crippen molar-refractivity contribution in [3.63, 3.8) is 0 Å². The number of methoxy groups -OCH3 is 1. The molecule has 0 radical (unpaired) electrons. The van der Waals surface area contributed by atoms with E-state index in [2.05, 4.69) is 4.98 Å². The second-order valence-electron chi connectivity index (χ2n) is 3.84. The number of rotatable bonds is 5. The minimum Gasteiger partial charge on any atom is -0.496 e. The quantitative estimate of drug-likeness (QED) is 0.670. The van der Waals surface area contributed by atoms with E-state index in [1.165, 1.54) is 36.6 Å². The topological polar surface area (TPSA) is 103 Å². The Morgan fingerprint density at radius 3 is 2.90 bits per heavy atom. The Balaban J connectivity index is 2.44. The van der Waals surface area contributed by atoms with E-state index in [0.29, 0.717) is 22.0 Å². The maximum atomic E-state index is 10.8. The van der Waals surface area contributed by atoms with Crippen molar-refractivity contribution in [3.05, 3.63) is 38.7 Å². The van der Waals surface area contributed by atoms with Gasteiger partial charge in [-0.1, -0.05) is 0 Å². The Hall–Kier alpha value is -2.48. The van der Waals surface area contributed by atoms with E-state index < -0.39 is 10.9 Å². The fourth-order valence-electron chi connectivity index (χ4n) is 1.65. The summed E-state index contributed by atoms with van der Waals surface area (Å²) in [4.78, 5) is 25.1. The number of carboxylic acid groups (broad SMARTS) is 1. The third-order valence-corrected chi connectivity index (χ3v) is 3.37. The fraction of sp³-hybridized carbons (Fsp3) is 0.167. The molecule has 104 valence electrons. The molecule has 0 amide bonds. The van der Waals surface area contributed by atoms with Gasteiger partial charge in [0, 0.05) is 23.1 Å². The molecule has 0 unspecified atom stereocenters. The Morgan fingerprint density at radius 2 is 2.30 bits per heavy atom. The Labute approximate surface area is 117 Å². The molecule has 1 N–H and O–H groups in total. The van der Waals surface area contributed by atoms with E-state index in [0.717, 1.165) is 0 Å². The number of hydrogen-bond acceptors (Lipinski definition) is 6. The summed E-state index contributed by atoms with van der Waals surface area (Å²) >= 11 is 1.19. The van der Waals surface area contributed by atoms with Gasteiger partial charge in [0.2, 0.25) is 0 Å². The summed E-state index contributed by atoms with van der Waals surface area (Å²) in [7, 11) is 1.45. The van der Waals surface area contributed by atoms with Gasteiger partial charge in [-0.15, -0.1) is 11.3 Å². The number of aromatic nitrogens is 1. The molecule has 2 aromatic rings. The molecule has 0 aliphatic rings. The van der Waals surface area contributed by atoms with Crippen LogP contribution < -0.4 is 4.74 Å². The monoisotopic (exact) mass is 294 g/mol. The summed E-state index contributed by atoms with van der Waals surface area (Å²) < 4.78 is 5.15. The summed E-state index contributed by atoms with van der Waals surface area (Å²) in [5.74, 6) is -0.528. The molecule has 0 saturated heterocycles. The first-order chi connectivity index (χ1) is 9.51. The minimum absolute atomic E-state index is 0.0754. The van der Waals surface area contributed by atoms with Gasteiger partial charge in [-0.3, -0.25) is 14.9 Å². The van der Waals surface area contributed by atoms with Crippen molar-refractivity contribution in [1.82, 2.24) is 4.98 Å². The average Bonchev–Trinajstić information content (AvgIpc) is 2.85. The molecule has 0 aliphatic heterocycles. The van der Waals surface area contributed by atoms with Crippen LogP contribution in [0.5, 0.6) is 5.75 Å². The zero-order valence-corrected chi connectivity index (χ0v) is 11.2. The normalized spacial score (nSPS) is 10.2. The molecular formula is C12H10N2O5S. The van der Waals surface area contributed by atoms with E-state index >= 15 is 0 Å². The molecular weight excluding hydrogens is 284 g/mol. The van der Waals surface area contributed by atoms with Crippen LogP contribution in [0.2, 0.25) is 0 Å². The molecule has 2 rings (SSSR count). The first-order valence-electron chi connectivity index (χ1n) is 5.50. The van der Waals surface area contributed by atoms with Crippen LogP contribution in [-0.2, 0) is 11.2 Å². The lowest BCUT2D eigenvalue weighted by molar-refractivity contribution is -0.384. The largest absolute Gasteiger partial charge is 0.496 e. The minimum atomic E-state index is -0.975. The zero-order chi connectivity index (χ0) is 14.7. The zero-order valence-electron chi connectivity index (χ0n) is 10.4. The average molecular weight is 294 g/mol. The molecule has 0 aliphatic carbocycles. The van der Waals surface area contributed by atoms with Crippen molar-refractivity contribution < 1.29 is 19.6 Å². The number of carbonyl (C=O) groups is 1. The van der Waals surface area contributed by atoms with E-state index in [1.54, 1.807) is 5.38 Å². The highest BCUT2D eigenvalue weighted by atomic mass is 32.1. The van der Waals surface area contributed by atoms with Gasteiger partial charge in [-0.25, -0.2) is 4.98 Å². The van der Waals surface area contributed by atoms with Gasteiger partial charge < -0.3 is 9.84 Å². The van der Waals surface area contributed by atoms with E-state index in [9.17, 15) is 14.9 Å². The molecule has 7 nitrogen and oxygen atoms in total. The molecule has 8 heteroatoms. The van der Waals surface area contributed by atoms with Crippen molar-refractivity contribution in [3.8, 4) is 17.0 Å². The lowest BCUT2D eigenvalue weighted by atomic mass is 10.1. The number of nitro benzene ring substituents is 1. The number of nitrogens with zero attached hydrogens (tertiary/aromatic N) is 2. The van der Waals surface area contributed by atoms with Crippen LogP contribution in [0.3, 0.4) is 0 Å². The third kappa shape index (κ3) is 2.91. The molecule has 0 fully saturated rings. The fourth-order valence-corrected chi connectivity index (χ4v) is 2.44. The third-order valence-electron chi connectivity index (χ3n) is 2.52. The van der Waals surface area contributed by atoms with E-state index in [-0.39, 0.29) is 12.1 Å². The second-order valence-corrected chi connectivity index (χ2v) is 4.78. The molecule has 1 aromatic heterocycles. The molecule has 0 bridgehead atoms. The van der Waals surface area contributed by atoms with Crippen molar-refractivity contribution in [1.29, 1.82) is 0 Å². The number of thiazole rings is 1. The first kappa shape index (κ1) is 13.9. The highest BCUT2D eigenvalue weighted by Gasteiger charge is 2.16. The number of ether oxygens (including phenoxy) is 1. The highest BCUT2D eigenvalue weighted by molar-refractivity contribution is 7.10. The van der Waals surface area contributed by atoms with Crippen LogP contribution in [0.25, 0.3) is 11.3 Å². The summed E-state index contributed by atoms with van der Waals surface area (Å²) in [6.07, 6.45) is -0.179. The second kappa shape index (κ2) is 5.66. The predicted octanol–water partition coefficient (Wildman–Crippen LogP) is 2.35. The van der Waals surface area contributed by atoms with Crippen molar-refractivity contribution >= 4 is 23.0 Å². The van der Waals surface area contributed by atoms with Crippen LogP contribution in [0.4, 0.5) is 5.69 Å². The SMILES string of the molecule is COc1ccc([N+](=O)[O-])cc1-c1csc(CC(=O)O)n1. The van der Waals surface area contributed by atoms with Crippen molar-refractivity contribution in [2.24, 2.45) is 0 Å². The Kier molecular flexibility index (Phi) is 3.94. The van der Waals surface area contributed by atoms with Gasteiger partial charge >= 0.3 is 5.97 Å². The van der Waals surface area contributed by atoms with Gasteiger partial charge in [0.05, 0.1) is 24.1 Å². The standard InChI is InChI=1S/C12H10N2O5S/c1-19-10-3-2-7(14(17)18)4-8(10)9-6-20-11(13-9)5-12(15)16/h2-4,6H,5H2,1H3,(H,15,16). The summed E-state index contributed by atoms with van der Waals surface area (Å²) in [6.45, 7) is 0. The number of nitro groups is 1. The summed E-state index contributed by atoms with van der Waals surface area (Å²) in [5.41, 5.74) is 0.856. The Bertz CT molecular complexity index is 668. The highest BCUT2D eigenvalue weighted by Crippen LogP contribution is 2.33. The summed E-state index contributed by atoms with van der Waals surface area (Å²) in [5, 5.41) is 21.6. The van der Waals surface area contributed by atoms with Gasteiger partial charge in [-0.05, 0) is 6.07 Å². The molecule has 0 atom stereocenters. The molecule has 1 aromatic carbocycles. The number of benzene rings is 1. The first-order valence-corrected chi connectivity index (χ1v) is 6.38. The van der Waals surface area contributed by atoms with Gasteiger partial charge in [0.25, 0.3) is 5.69 Å². The van der Waals surface area contributed by atoms with Crippen LogP contribution >= 0.6 is 11.3 Å². The maximum Gasteiger partial charge on any atom is 0.310 e. The number of non-ortho nitro benzene ring substituents is 1. The van der Waals surface area contributed by atoms with Crippen LogP contribution in [0.15, 0.2) is 23.6 Å². The van der Waals surface area contributed by atoms with E-state index in [1.807, 2.05) is 0 Å². The van der Waals surface area contributed by atoms with Crippen LogP contribution in [0.1, 0.15) is 5.01 Å². The molecule has 1 heterocycles. The van der Waals surface area contributed by atoms with Crippen molar-refractivity contribution in [2.75, 3.05) is 7.11 Å². The lowest BCUT2D eigenvalue weighted by Gasteiger charge is -2.05. The van der Waals surface area contributed by atoms with Gasteiger partial charge in [0.15, 0.2) is 0 Å². The lowest BCUT2D eigenvalue weighted by Crippen LogP contribution is -1.99. The van der Waals surface area contributed by atoms with Gasteiger partial charge in [-0.2, -0.15) is 0 Å². The molecule has 0 saturated carbocycles. The van der Waals surface area contributed by atoms with Crippen molar-refractivity contribution in [2.45, 2.75) is 6.42 Å². The Morgan fingerprint density at radius 1 is 1.55 bits per heavy atom. The molecule has 0 spiro atoms. The van der Waals surface area contributed by atoms with Crippen LogP contribution in [0, 0.1) is 10.1 Å². The molecule has 20 heavy (non-hydrogen) atoms. The van der Waals surface area contributed by atoms with Crippen LogP contribution in [-0.4, -0.2) is 28.1 Å². The predicted molar refractivity (Wildman–Crippen MR) is 72.1 cm³/mol. The number of hydrogen-bond donors (Lipinski definition) is 1. The number of carboxylic acids is 1. The van der Waals surface area contributed by atoms with E-state index in [4.69, 9.17) is 9.84 Å². The summed E-state index contributed by atoms with van der Waals surface area (Å²) in [6, 6.07) is 4.19.